The van der Waals surface area contributed by atoms with Crippen LogP contribution in [0.2, 0.25) is 0 Å². The van der Waals surface area contributed by atoms with E-state index in [-0.39, 0.29) is 24.0 Å². The number of methoxy groups -OCH3 is 1. The average Bonchev–Trinajstić information content (AvgIpc) is 3.37. The highest BCUT2D eigenvalue weighted by Gasteiger charge is 2.76. The molecule has 0 aromatic heterocycles. The minimum absolute atomic E-state index is 0.0191. The van der Waals surface area contributed by atoms with Gasteiger partial charge in [0.1, 0.15) is 5.75 Å². The van der Waals surface area contributed by atoms with E-state index in [0.717, 1.165) is 31.4 Å². The molecule has 0 radical (unpaired) electrons. The normalized spacial score (nSPS) is 37.4. The number of ether oxygens (including phenoxy) is 1. The Balaban J connectivity index is 1.62. The summed E-state index contributed by atoms with van der Waals surface area (Å²) in [6.07, 6.45) is 3.56. The van der Waals surface area contributed by atoms with Crippen LogP contribution in [-0.2, 0) is 10.2 Å². The van der Waals surface area contributed by atoms with Gasteiger partial charge in [-0.15, -0.1) is 0 Å². The zero-order valence-electron chi connectivity index (χ0n) is 20.7. The van der Waals surface area contributed by atoms with Crippen LogP contribution in [0.25, 0.3) is 0 Å². The van der Waals surface area contributed by atoms with Crippen molar-refractivity contribution in [2.24, 2.45) is 11.3 Å². The van der Waals surface area contributed by atoms with Crippen molar-refractivity contribution in [3.8, 4) is 5.75 Å². The third-order valence-electron chi connectivity index (χ3n) is 10.2. The van der Waals surface area contributed by atoms with Gasteiger partial charge in [0.25, 0.3) is 0 Å². The van der Waals surface area contributed by atoms with Crippen molar-refractivity contribution >= 4 is 17.4 Å². The zero-order valence-corrected chi connectivity index (χ0v) is 20.7. The number of carbonyl (C=O) groups is 2. The molecular formula is C26H35N3O5. The smallest absolute Gasteiger partial charge is 0.238 e. The molecular weight excluding hydrogens is 434 g/mol. The first kappa shape index (κ1) is 22.5. The number of nitrogens with zero attached hydrogens (tertiary/aromatic N) is 3. The number of hydrogen-bond donors (Lipinski definition) is 2. The van der Waals surface area contributed by atoms with Crippen LogP contribution in [0.4, 0.5) is 5.69 Å². The van der Waals surface area contributed by atoms with Crippen LogP contribution in [0.15, 0.2) is 12.1 Å². The minimum Gasteiger partial charge on any atom is -0.496 e. The fourth-order valence-corrected chi connectivity index (χ4v) is 8.65. The maximum Gasteiger partial charge on any atom is 0.238 e. The molecule has 4 atom stereocenters. The van der Waals surface area contributed by atoms with Gasteiger partial charge in [0.2, 0.25) is 5.91 Å². The predicted molar refractivity (Wildman–Crippen MR) is 124 cm³/mol. The molecule has 8 heteroatoms. The van der Waals surface area contributed by atoms with Crippen molar-refractivity contribution < 1.29 is 24.7 Å². The lowest BCUT2D eigenvalue weighted by molar-refractivity contribution is -0.379. The Kier molecular flexibility index (Phi) is 4.36. The quantitative estimate of drug-likeness (QED) is 0.642. The molecule has 1 aromatic carbocycles. The van der Waals surface area contributed by atoms with E-state index in [1.807, 2.05) is 30.9 Å². The van der Waals surface area contributed by atoms with Gasteiger partial charge >= 0.3 is 0 Å². The Morgan fingerprint density at radius 3 is 2.56 bits per heavy atom. The molecule has 2 saturated heterocycles. The second kappa shape index (κ2) is 6.60. The van der Waals surface area contributed by atoms with E-state index in [4.69, 9.17) is 4.74 Å². The monoisotopic (exact) mass is 469 g/mol. The standard InChI is InChI=1S/C26H35N3O5/c1-23(2)12-17(30)20-18(34-5)9-8-16-21(20)28(23)22(31)26(16)13-25(29(32)33)14-27-10-6-7-15(27)11-19(25)24(26,3)4/h8-9,15,19,32-33H,6-7,10-14H2,1-5H3/t15-,19+,25-,26-/m1/s1. The zero-order chi connectivity index (χ0) is 24.4. The molecule has 1 saturated carbocycles. The van der Waals surface area contributed by atoms with Gasteiger partial charge < -0.3 is 9.64 Å². The summed E-state index contributed by atoms with van der Waals surface area (Å²) in [6.45, 7) is 9.59. The first-order chi connectivity index (χ1) is 15.9. The van der Waals surface area contributed by atoms with Crippen molar-refractivity contribution in [2.75, 3.05) is 25.1 Å². The SMILES string of the molecule is COc1ccc2c3c1C(=O)CC(C)(C)N3C(=O)[C@@]21C[C@@]2(N(O)O)CN3CCC[C@@H]3C[C@H]2C1(C)C. The Bertz CT molecular complexity index is 1110. The number of amides is 1. The van der Waals surface area contributed by atoms with Crippen LogP contribution < -0.4 is 9.64 Å². The van der Waals surface area contributed by atoms with Crippen LogP contribution in [-0.4, -0.2) is 69.6 Å². The highest BCUT2D eigenvalue weighted by molar-refractivity contribution is 6.19. The lowest BCUT2D eigenvalue weighted by Crippen LogP contribution is -2.62. The Morgan fingerprint density at radius 1 is 1.15 bits per heavy atom. The molecule has 4 heterocycles. The Labute approximate surface area is 200 Å². The highest BCUT2D eigenvalue weighted by atomic mass is 16.8. The Morgan fingerprint density at radius 2 is 1.88 bits per heavy atom. The summed E-state index contributed by atoms with van der Waals surface area (Å²) in [5.74, 6) is 0.337. The molecule has 1 spiro atoms. The number of hydrogen-bond acceptors (Lipinski definition) is 7. The van der Waals surface area contributed by atoms with Gasteiger partial charge in [-0.05, 0) is 69.0 Å². The van der Waals surface area contributed by atoms with E-state index >= 15 is 0 Å². The third kappa shape index (κ3) is 2.33. The van der Waals surface area contributed by atoms with E-state index in [9.17, 15) is 20.0 Å². The maximum absolute atomic E-state index is 14.7. The van der Waals surface area contributed by atoms with Crippen LogP contribution >= 0.6 is 0 Å². The molecule has 1 aliphatic carbocycles. The van der Waals surface area contributed by atoms with E-state index < -0.39 is 21.9 Å². The number of fused-ring (bicyclic) bond motifs is 3. The first-order valence-electron chi connectivity index (χ1n) is 12.4. The molecule has 0 unspecified atom stereocenters. The number of rotatable bonds is 2. The van der Waals surface area contributed by atoms with Crippen LogP contribution in [0.5, 0.6) is 5.75 Å². The fourth-order valence-electron chi connectivity index (χ4n) is 8.65. The number of benzene rings is 1. The van der Waals surface area contributed by atoms with Crippen molar-refractivity contribution in [3.05, 3.63) is 23.3 Å². The van der Waals surface area contributed by atoms with E-state index in [2.05, 4.69) is 18.7 Å². The van der Waals surface area contributed by atoms with Gasteiger partial charge in [-0.25, -0.2) is 0 Å². The van der Waals surface area contributed by atoms with E-state index in [1.165, 1.54) is 0 Å². The number of ketones is 1. The molecule has 34 heavy (non-hydrogen) atoms. The Hall–Kier alpha value is -2.00. The summed E-state index contributed by atoms with van der Waals surface area (Å²) in [7, 11) is 1.55. The van der Waals surface area contributed by atoms with Crippen LogP contribution in [0.3, 0.4) is 0 Å². The van der Waals surface area contributed by atoms with Gasteiger partial charge in [0.05, 0.1) is 29.3 Å². The number of carbonyl (C=O) groups excluding carboxylic acids is 2. The average molecular weight is 470 g/mol. The predicted octanol–water partition coefficient (Wildman–Crippen LogP) is 3.38. The summed E-state index contributed by atoms with van der Waals surface area (Å²) < 4.78 is 5.57. The molecule has 3 fully saturated rings. The molecule has 1 amide bonds. The maximum atomic E-state index is 14.7. The fraction of sp³-hybridized carbons (Fsp3) is 0.692. The number of hydroxylamine groups is 2. The largest absolute Gasteiger partial charge is 0.496 e. The number of piperidine rings is 1. The summed E-state index contributed by atoms with van der Waals surface area (Å²) in [6, 6.07) is 4.15. The van der Waals surface area contributed by atoms with Crippen LogP contribution in [0, 0.1) is 11.3 Å². The molecule has 6 rings (SSSR count). The number of anilines is 1. The molecule has 2 N–H and O–H groups in total. The number of Topliss-reactive ketones (excluding diaryl/α,β-unsaturated/α-hetero) is 1. The lowest BCUT2D eigenvalue weighted by atomic mass is 9.60. The van der Waals surface area contributed by atoms with E-state index in [1.54, 1.807) is 7.11 Å². The van der Waals surface area contributed by atoms with Gasteiger partial charge in [-0.1, -0.05) is 25.1 Å². The topological polar surface area (TPSA) is 93.5 Å². The molecule has 1 aromatic rings. The van der Waals surface area contributed by atoms with Gasteiger partial charge in [0.15, 0.2) is 5.78 Å². The van der Waals surface area contributed by atoms with Crippen molar-refractivity contribution in [1.82, 2.24) is 10.1 Å². The molecule has 4 aliphatic heterocycles. The van der Waals surface area contributed by atoms with Crippen molar-refractivity contribution in [3.63, 3.8) is 0 Å². The van der Waals surface area contributed by atoms with Crippen molar-refractivity contribution in [2.45, 2.75) is 82.3 Å². The van der Waals surface area contributed by atoms with Crippen LogP contribution in [0.1, 0.15) is 75.7 Å². The van der Waals surface area contributed by atoms with E-state index in [0.29, 0.717) is 41.2 Å². The lowest BCUT2D eigenvalue weighted by Gasteiger charge is -2.50. The summed E-state index contributed by atoms with van der Waals surface area (Å²) in [4.78, 5) is 32.2. The molecule has 5 aliphatic rings. The summed E-state index contributed by atoms with van der Waals surface area (Å²) >= 11 is 0. The third-order valence-corrected chi connectivity index (χ3v) is 10.2. The van der Waals surface area contributed by atoms with Gasteiger partial charge in [-0.3, -0.25) is 24.9 Å². The first-order valence-corrected chi connectivity index (χ1v) is 12.4. The second-order valence-corrected chi connectivity index (χ2v) is 12.3. The van der Waals surface area contributed by atoms with Gasteiger partial charge in [-0.2, -0.15) is 0 Å². The van der Waals surface area contributed by atoms with Crippen molar-refractivity contribution in [1.29, 1.82) is 0 Å². The summed E-state index contributed by atoms with van der Waals surface area (Å²) in [5.41, 5.74) is -1.21. The molecule has 184 valence electrons. The highest BCUT2D eigenvalue weighted by Crippen LogP contribution is 2.70. The minimum atomic E-state index is -0.973. The second-order valence-electron chi connectivity index (χ2n) is 12.3. The van der Waals surface area contributed by atoms with Gasteiger partial charge in [0, 0.05) is 24.5 Å². The molecule has 0 bridgehead atoms. The molecule has 8 nitrogen and oxygen atoms in total. The summed E-state index contributed by atoms with van der Waals surface area (Å²) in [5, 5.41) is 21.9.